The van der Waals surface area contributed by atoms with E-state index in [4.69, 9.17) is 14.2 Å². The predicted molar refractivity (Wildman–Crippen MR) is 106 cm³/mol. The van der Waals surface area contributed by atoms with Crippen LogP contribution in [-0.4, -0.2) is 24.8 Å². The molecular formula is C21H31NO4. The number of unbranched alkanes of at least 4 members (excludes halogenated alkanes) is 3. The lowest BCUT2D eigenvalue weighted by atomic mass is 10.2. The molecule has 2 aromatic rings. The van der Waals surface area contributed by atoms with Gasteiger partial charge in [-0.3, -0.25) is 4.79 Å². The summed E-state index contributed by atoms with van der Waals surface area (Å²) in [6.07, 6.45) is 5.96. The van der Waals surface area contributed by atoms with Gasteiger partial charge in [-0.1, -0.05) is 40.0 Å². The number of pyridine rings is 1. The van der Waals surface area contributed by atoms with Crippen molar-refractivity contribution in [3.8, 4) is 17.2 Å². The summed E-state index contributed by atoms with van der Waals surface area (Å²) in [5.41, 5.74) is 0.448. The Morgan fingerprint density at radius 1 is 0.808 bits per heavy atom. The van der Waals surface area contributed by atoms with E-state index in [1.54, 1.807) is 0 Å². The Hall–Kier alpha value is -2.17. The fourth-order valence-corrected chi connectivity index (χ4v) is 2.56. The van der Waals surface area contributed by atoms with Crippen LogP contribution in [0.25, 0.3) is 10.9 Å². The van der Waals surface area contributed by atoms with E-state index < -0.39 is 0 Å². The Kier molecular flexibility index (Phi) is 8.32. The van der Waals surface area contributed by atoms with Gasteiger partial charge in [0.25, 0.3) is 5.56 Å². The molecule has 0 radical (unpaired) electrons. The number of hydrogen-bond acceptors (Lipinski definition) is 4. The average Bonchev–Trinajstić information content (AvgIpc) is 2.64. The molecule has 5 nitrogen and oxygen atoms in total. The van der Waals surface area contributed by atoms with Crippen molar-refractivity contribution >= 4 is 10.9 Å². The molecule has 0 unspecified atom stereocenters. The smallest absolute Gasteiger partial charge is 0.294 e. The van der Waals surface area contributed by atoms with E-state index in [-0.39, 0.29) is 11.3 Å². The predicted octanol–water partition coefficient (Wildman–Crippen LogP) is 5.06. The number of ether oxygens (including phenoxy) is 3. The molecule has 0 amide bonds. The van der Waals surface area contributed by atoms with Crippen LogP contribution in [0.2, 0.25) is 0 Å². The van der Waals surface area contributed by atoms with Crippen LogP contribution in [-0.2, 0) is 0 Å². The SMILES string of the molecule is CCCCOc1ccc2c(OCCCC)c(OCCCC)c(=O)[nH]c2c1. The van der Waals surface area contributed by atoms with Gasteiger partial charge in [0.2, 0.25) is 5.75 Å². The molecule has 0 aliphatic heterocycles. The summed E-state index contributed by atoms with van der Waals surface area (Å²) in [5, 5.41) is 0.843. The Morgan fingerprint density at radius 3 is 2.00 bits per heavy atom. The molecule has 144 valence electrons. The van der Waals surface area contributed by atoms with Crippen molar-refractivity contribution in [2.75, 3.05) is 19.8 Å². The van der Waals surface area contributed by atoms with Crippen molar-refractivity contribution in [1.29, 1.82) is 0 Å². The number of benzene rings is 1. The number of fused-ring (bicyclic) bond motifs is 1. The first kappa shape index (κ1) is 20.1. The second-order valence-electron chi connectivity index (χ2n) is 6.43. The standard InChI is InChI=1S/C21H31NO4/c1-4-7-12-24-16-10-11-17-18(15-16)22-21(23)20(26-14-9-6-3)19(17)25-13-8-5-2/h10-11,15H,4-9,12-14H2,1-3H3,(H,22,23). The summed E-state index contributed by atoms with van der Waals surface area (Å²) in [5.74, 6) is 1.57. The highest BCUT2D eigenvalue weighted by molar-refractivity contribution is 5.88. The van der Waals surface area contributed by atoms with Crippen LogP contribution in [0.4, 0.5) is 0 Å². The second-order valence-corrected chi connectivity index (χ2v) is 6.43. The molecule has 0 aliphatic rings. The summed E-state index contributed by atoms with van der Waals surface area (Å²) in [7, 11) is 0. The van der Waals surface area contributed by atoms with Crippen molar-refractivity contribution < 1.29 is 14.2 Å². The van der Waals surface area contributed by atoms with E-state index in [0.717, 1.165) is 49.7 Å². The molecule has 26 heavy (non-hydrogen) atoms. The Morgan fingerprint density at radius 2 is 1.38 bits per heavy atom. The highest BCUT2D eigenvalue weighted by atomic mass is 16.5. The van der Waals surface area contributed by atoms with E-state index >= 15 is 0 Å². The summed E-state index contributed by atoms with van der Waals surface area (Å²) in [6, 6.07) is 5.70. The number of nitrogens with one attached hydrogen (secondary N) is 1. The lowest BCUT2D eigenvalue weighted by Gasteiger charge is -2.15. The number of H-pyrrole nitrogens is 1. The third kappa shape index (κ3) is 5.41. The summed E-state index contributed by atoms with van der Waals surface area (Å²) in [6.45, 7) is 8.07. The lowest BCUT2D eigenvalue weighted by Crippen LogP contribution is -2.15. The summed E-state index contributed by atoms with van der Waals surface area (Å²) in [4.78, 5) is 15.5. The van der Waals surface area contributed by atoms with Crippen LogP contribution < -0.4 is 19.8 Å². The van der Waals surface area contributed by atoms with Gasteiger partial charge >= 0.3 is 0 Å². The summed E-state index contributed by atoms with van der Waals surface area (Å²) >= 11 is 0. The van der Waals surface area contributed by atoms with E-state index in [9.17, 15) is 4.79 Å². The van der Waals surface area contributed by atoms with Gasteiger partial charge in [0.15, 0.2) is 5.75 Å². The van der Waals surface area contributed by atoms with Crippen LogP contribution in [0.3, 0.4) is 0 Å². The number of rotatable bonds is 12. The Labute approximate surface area is 155 Å². The first-order chi connectivity index (χ1) is 12.7. The second kappa shape index (κ2) is 10.7. The number of aromatic nitrogens is 1. The average molecular weight is 361 g/mol. The van der Waals surface area contributed by atoms with Gasteiger partial charge in [0, 0.05) is 11.5 Å². The van der Waals surface area contributed by atoms with Crippen molar-refractivity contribution in [1.82, 2.24) is 4.98 Å². The van der Waals surface area contributed by atoms with E-state index in [0.29, 0.717) is 31.1 Å². The Balaban J connectivity index is 2.36. The van der Waals surface area contributed by atoms with Gasteiger partial charge in [-0.2, -0.15) is 0 Å². The maximum Gasteiger partial charge on any atom is 0.294 e. The normalized spacial score (nSPS) is 10.9. The fourth-order valence-electron chi connectivity index (χ4n) is 2.56. The monoisotopic (exact) mass is 361 g/mol. The highest BCUT2D eigenvalue weighted by Crippen LogP contribution is 2.33. The molecule has 0 saturated heterocycles. The highest BCUT2D eigenvalue weighted by Gasteiger charge is 2.16. The molecular weight excluding hydrogens is 330 g/mol. The lowest BCUT2D eigenvalue weighted by molar-refractivity contribution is 0.261. The topological polar surface area (TPSA) is 60.6 Å². The zero-order valence-electron chi connectivity index (χ0n) is 16.2. The minimum Gasteiger partial charge on any atom is -0.494 e. The molecule has 1 aromatic heterocycles. The molecule has 0 bridgehead atoms. The molecule has 0 fully saturated rings. The van der Waals surface area contributed by atoms with E-state index in [1.165, 1.54) is 0 Å². The first-order valence-corrected chi connectivity index (χ1v) is 9.79. The van der Waals surface area contributed by atoms with Crippen LogP contribution in [0.5, 0.6) is 17.2 Å². The molecule has 0 atom stereocenters. The number of hydrogen-bond donors (Lipinski definition) is 1. The summed E-state index contributed by atoms with van der Waals surface area (Å²) < 4.78 is 17.5. The third-order valence-corrected chi connectivity index (χ3v) is 4.15. The van der Waals surface area contributed by atoms with Crippen LogP contribution in [0, 0.1) is 0 Å². The fraction of sp³-hybridized carbons (Fsp3) is 0.571. The van der Waals surface area contributed by atoms with Crippen molar-refractivity contribution in [3.63, 3.8) is 0 Å². The van der Waals surface area contributed by atoms with Gasteiger partial charge in [0.1, 0.15) is 5.75 Å². The van der Waals surface area contributed by atoms with Gasteiger partial charge in [-0.05, 0) is 31.4 Å². The molecule has 1 aromatic carbocycles. The zero-order chi connectivity index (χ0) is 18.8. The minimum absolute atomic E-state index is 0.259. The van der Waals surface area contributed by atoms with Gasteiger partial charge < -0.3 is 19.2 Å². The molecule has 0 saturated carbocycles. The molecule has 0 aliphatic carbocycles. The van der Waals surface area contributed by atoms with Gasteiger partial charge in [-0.15, -0.1) is 0 Å². The van der Waals surface area contributed by atoms with Crippen molar-refractivity contribution in [2.45, 2.75) is 59.3 Å². The van der Waals surface area contributed by atoms with Crippen LogP contribution >= 0.6 is 0 Å². The maximum absolute atomic E-state index is 12.6. The molecule has 1 N–H and O–H groups in total. The first-order valence-electron chi connectivity index (χ1n) is 9.79. The maximum atomic E-state index is 12.6. The van der Waals surface area contributed by atoms with E-state index in [1.807, 2.05) is 18.2 Å². The van der Waals surface area contributed by atoms with Gasteiger partial charge in [0.05, 0.1) is 25.3 Å². The minimum atomic E-state index is -0.259. The van der Waals surface area contributed by atoms with Crippen LogP contribution in [0.1, 0.15) is 59.3 Å². The Bertz CT molecular complexity index is 739. The molecule has 2 rings (SSSR count). The quantitative estimate of drug-likeness (QED) is 0.537. The third-order valence-electron chi connectivity index (χ3n) is 4.15. The van der Waals surface area contributed by atoms with Crippen LogP contribution in [0.15, 0.2) is 23.0 Å². The number of aromatic amines is 1. The molecule has 1 heterocycles. The van der Waals surface area contributed by atoms with Gasteiger partial charge in [-0.25, -0.2) is 0 Å². The van der Waals surface area contributed by atoms with Crippen molar-refractivity contribution in [2.24, 2.45) is 0 Å². The molecule has 0 spiro atoms. The molecule has 5 heteroatoms. The largest absolute Gasteiger partial charge is 0.494 e. The van der Waals surface area contributed by atoms with E-state index in [2.05, 4.69) is 25.8 Å². The zero-order valence-corrected chi connectivity index (χ0v) is 16.2. The van der Waals surface area contributed by atoms with Crippen molar-refractivity contribution in [3.05, 3.63) is 28.6 Å².